The lowest BCUT2D eigenvalue weighted by atomic mass is 10.2. The van der Waals surface area contributed by atoms with E-state index in [-0.39, 0.29) is 0 Å². The number of halogens is 1. The third-order valence-electron chi connectivity index (χ3n) is 3.92. The maximum atomic E-state index is 12.1. The van der Waals surface area contributed by atoms with Gasteiger partial charge in [-0.15, -0.1) is 0 Å². The van der Waals surface area contributed by atoms with Crippen molar-refractivity contribution in [3.63, 3.8) is 0 Å². The van der Waals surface area contributed by atoms with Crippen LogP contribution in [0.3, 0.4) is 0 Å². The van der Waals surface area contributed by atoms with Crippen LogP contribution in [0.2, 0.25) is 5.02 Å². The number of nitrogens with one attached hydrogen (secondary N) is 1. The second kappa shape index (κ2) is 11.1. The average Bonchev–Trinajstić information content (AvgIpc) is 2.71. The quantitative estimate of drug-likeness (QED) is 0.470. The molecule has 2 aromatic carbocycles. The van der Waals surface area contributed by atoms with Gasteiger partial charge in [0.1, 0.15) is 5.75 Å². The van der Waals surface area contributed by atoms with Gasteiger partial charge in [0.25, 0.3) is 5.91 Å². The number of methoxy groups -OCH3 is 2. The van der Waals surface area contributed by atoms with E-state index in [2.05, 4.69) is 5.32 Å². The van der Waals surface area contributed by atoms with Crippen LogP contribution in [0.1, 0.15) is 18.1 Å². The molecule has 2 rings (SSSR count). The minimum Gasteiger partial charge on any atom is -0.495 e. The van der Waals surface area contributed by atoms with Crippen molar-refractivity contribution in [2.24, 2.45) is 0 Å². The first-order chi connectivity index (χ1) is 14.4. The molecule has 0 heterocycles. The molecule has 0 aliphatic heterocycles. The van der Waals surface area contributed by atoms with E-state index < -0.39 is 18.5 Å². The number of amides is 1. The predicted molar refractivity (Wildman–Crippen MR) is 116 cm³/mol. The Labute approximate surface area is 180 Å². The summed E-state index contributed by atoms with van der Waals surface area (Å²) >= 11 is 6.18. The summed E-state index contributed by atoms with van der Waals surface area (Å²) in [6, 6.07) is 8.69. The fourth-order valence-electron chi connectivity index (χ4n) is 2.60. The Balaban J connectivity index is 1.97. The molecule has 0 atom stereocenters. The number of rotatable bonds is 9. The molecule has 2 aromatic rings. The molecule has 0 aromatic heterocycles. The standard InChI is InChI=1S/C22H24ClNO6/c1-5-29-19-12-15(11-16(23)22(19)28-4)7-9-21(26)30-13-20(25)24-17-10-14(2)6-8-18(17)27-3/h6-12H,5,13H2,1-4H3,(H,24,25)/b9-7+. The van der Waals surface area contributed by atoms with Crippen LogP contribution in [-0.4, -0.2) is 39.3 Å². The van der Waals surface area contributed by atoms with Crippen molar-refractivity contribution in [1.82, 2.24) is 0 Å². The van der Waals surface area contributed by atoms with Crippen molar-refractivity contribution in [1.29, 1.82) is 0 Å². The van der Waals surface area contributed by atoms with Gasteiger partial charge >= 0.3 is 5.97 Å². The van der Waals surface area contributed by atoms with E-state index in [4.69, 9.17) is 30.5 Å². The highest BCUT2D eigenvalue weighted by atomic mass is 35.5. The van der Waals surface area contributed by atoms with E-state index in [9.17, 15) is 9.59 Å². The largest absolute Gasteiger partial charge is 0.495 e. The molecule has 7 nitrogen and oxygen atoms in total. The molecule has 1 amide bonds. The summed E-state index contributed by atoms with van der Waals surface area (Å²) in [5, 5.41) is 3.01. The fourth-order valence-corrected chi connectivity index (χ4v) is 2.90. The number of anilines is 1. The third-order valence-corrected chi connectivity index (χ3v) is 4.20. The van der Waals surface area contributed by atoms with Crippen LogP contribution in [0.15, 0.2) is 36.4 Å². The second-order valence-electron chi connectivity index (χ2n) is 6.16. The van der Waals surface area contributed by atoms with Gasteiger partial charge in [0.15, 0.2) is 18.1 Å². The number of hydrogen-bond donors (Lipinski definition) is 1. The van der Waals surface area contributed by atoms with E-state index in [1.54, 1.807) is 24.3 Å². The van der Waals surface area contributed by atoms with Crippen molar-refractivity contribution in [3.8, 4) is 17.2 Å². The molecular formula is C22H24ClNO6. The van der Waals surface area contributed by atoms with Crippen LogP contribution in [-0.2, 0) is 14.3 Å². The normalized spacial score (nSPS) is 10.6. The first-order valence-corrected chi connectivity index (χ1v) is 9.55. The van der Waals surface area contributed by atoms with Crippen LogP contribution in [0.25, 0.3) is 6.08 Å². The fraction of sp³-hybridized carbons (Fsp3) is 0.273. The van der Waals surface area contributed by atoms with E-state index in [0.717, 1.165) is 5.56 Å². The van der Waals surface area contributed by atoms with Gasteiger partial charge in [0.05, 0.1) is 31.5 Å². The van der Waals surface area contributed by atoms with Gasteiger partial charge in [0.2, 0.25) is 0 Å². The Kier molecular flexibility index (Phi) is 8.55. The topological polar surface area (TPSA) is 83.1 Å². The molecule has 160 valence electrons. The lowest BCUT2D eigenvalue weighted by molar-refractivity contribution is -0.142. The van der Waals surface area contributed by atoms with Crippen LogP contribution in [0.5, 0.6) is 17.2 Å². The maximum Gasteiger partial charge on any atom is 0.331 e. The van der Waals surface area contributed by atoms with Gasteiger partial charge < -0.3 is 24.3 Å². The van der Waals surface area contributed by atoms with Crippen molar-refractivity contribution >= 4 is 35.2 Å². The van der Waals surface area contributed by atoms with Crippen LogP contribution >= 0.6 is 11.6 Å². The lowest BCUT2D eigenvalue weighted by Gasteiger charge is -2.12. The highest BCUT2D eigenvalue weighted by Crippen LogP contribution is 2.36. The number of esters is 1. The Morgan fingerprint density at radius 2 is 1.87 bits per heavy atom. The first-order valence-electron chi connectivity index (χ1n) is 9.17. The number of aryl methyl sites for hydroxylation is 1. The SMILES string of the molecule is CCOc1cc(/C=C/C(=O)OCC(=O)Nc2cc(C)ccc2OC)cc(Cl)c1OC. The van der Waals surface area contributed by atoms with Gasteiger partial charge in [-0.3, -0.25) is 4.79 Å². The molecule has 0 aliphatic rings. The molecule has 0 aliphatic carbocycles. The molecule has 0 radical (unpaired) electrons. The van der Waals surface area contributed by atoms with Gasteiger partial charge in [-0.2, -0.15) is 0 Å². The van der Waals surface area contributed by atoms with Crippen molar-refractivity contribution in [2.75, 3.05) is 32.8 Å². The zero-order valence-electron chi connectivity index (χ0n) is 17.3. The van der Waals surface area contributed by atoms with Crippen LogP contribution < -0.4 is 19.5 Å². The van der Waals surface area contributed by atoms with E-state index in [0.29, 0.717) is 40.1 Å². The summed E-state index contributed by atoms with van der Waals surface area (Å²) in [5.74, 6) is 0.244. The average molecular weight is 434 g/mol. The van der Waals surface area contributed by atoms with E-state index >= 15 is 0 Å². The third kappa shape index (κ3) is 6.42. The molecule has 0 spiro atoms. The molecule has 0 saturated carbocycles. The summed E-state index contributed by atoms with van der Waals surface area (Å²) in [4.78, 5) is 24.1. The molecule has 0 bridgehead atoms. The molecule has 0 fully saturated rings. The minimum atomic E-state index is -0.675. The van der Waals surface area contributed by atoms with E-state index in [1.807, 2.05) is 19.9 Å². The number of ether oxygens (including phenoxy) is 4. The molecule has 0 saturated heterocycles. The minimum absolute atomic E-state index is 0.350. The van der Waals surface area contributed by atoms with Gasteiger partial charge in [-0.25, -0.2) is 4.79 Å². The zero-order valence-corrected chi connectivity index (χ0v) is 18.0. The Bertz CT molecular complexity index is 941. The molecule has 30 heavy (non-hydrogen) atoms. The van der Waals surface area contributed by atoms with Gasteiger partial charge in [-0.05, 0) is 55.3 Å². The first kappa shape index (κ1) is 23.1. The smallest absolute Gasteiger partial charge is 0.331 e. The van der Waals surface area contributed by atoms with E-state index in [1.165, 1.54) is 26.4 Å². The monoisotopic (exact) mass is 433 g/mol. The molecule has 0 unspecified atom stereocenters. The highest BCUT2D eigenvalue weighted by molar-refractivity contribution is 6.32. The molecule has 8 heteroatoms. The van der Waals surface area contributed by atoms with Crippen molar-refractivity contribution in [2.45, 2.75) is 13.8 Å². The van der Waals surface area contributed by atoms with Gasteiger partial charge in [-0.1, -0.05) is 17.7 Å². The highest BCUT2D eigenvalue weighted by Gasteiger charge is 2.12. The van der Waals surface area contributed by atoms with Crippen molar-refractivity contribution in [3.05, 3.63) is 52.6 Å². The summed E-state index contributed by atoms with van der Waals surface area (Å²) in [6.07, 6.45) is 2.71. The number of carbonyl (C=O) groups excluding carboxylic acids is 2. The summed E-state index contributed by atoms with van der Waals surface area (Å²) < 4.78 is 20.9. The zero-order chi connectivity index (χ0) is 22.1. The summed E-state index contributed by atoms with van der Waals surface area (Å²) in [5.41, 5.74) is 2.08. The van der Waals surface area contributed by atoms with Gasteiger partial charge in [0, 0.05) is 6.08 Å². The summed E-state index contributed by atoms with van der Waals surface area (Å²) in [7, 11) is 3.00. The van der Waals surface area contributed by atoms with Crippen LogP contribution in [0.4, 0.5) is 5.69 Å². The second-order valence-corrected chi connectivity index (χ2v) is 6.57. The number of carbonyl (C=O) groups is 2. The summed E-state index contributed by atoms with van der Waals surface area (Å²) in [6.45, 7) is 3.73. The lowest BCUT2D eigenvalue weighted by Crippen LogP contribution is -2.20. The van der Waals surface area contributed by atoms with Crippen molar-refractivity contribution < 1.29 is 28.5 Å². The Morgan fingerprint density at radius 3 is 2.53 bits per heavy atom. The van der Waals surface area contributed by atoms with Crippen LogP contribution in [0, 0.1) is 6.92 Å². The Morgan fingerprint density at radius 1 is 1.10 bits per heavy atom. The molecule has 1 N–H and O–H groups in total. The number of benzene rings is 2. The molecular weight excluding hydrogens is 410 g/mol. The predicted octanol–water partition coefficient (Wildman–Crippen LogP) is 4.26. The number of hydrogen-bond acceptors (Lipinski definition) is 6. The Hall–Kier alpha value is -3.19. The maximum absolute atomic E-state index is 12.1.